The first-order valence-electron chi connectivity index (χ1n) is 7.17. The number of benzene rings is 1. The molecule has 6 nitrogen and oxygen atoms in total. The van der Waals surface area contributed by atoms with Gasteiger partial charge in [0.25, 0.3) is 11.1 Å². The van der Waals surface area contributed by atoms with Gasteiger partial charge in [0.15, 0.2) is 6.61 Å². The normalized spacial score (nSPS) is 10.9. The lowest BCUT2D eigenvalue weighted by Crippen LogP contribution is -1.95. The summed E-state index contributed by atoms with van der Waals surface area (Å²) in [6, 6.07) is 7.81. The summed E-state index contributed by atoms with van der Waals surface area (Å²) >= 11 is 1.39. The second kappa shape index (κ2) is 6.87. The number of aromatic nitrogens is 3. The zero-order valence-electron chi connectivity index (χ0n) is 13.2. The lowest BCUT2D eigenvalue weighted by atomic mass is 10.2. The number of ether oxygens (including phenoxy) is 1. The summed E-state index contributed by atoms with van der Waals surface area (Å²) in [6.45, 7) is 6.07. The van der Waals surface area contributed by atoms with Gasteiger partial charge in [0.2, 0.25) is 5.89 Å². The van der Waals surface area contributed by atoms with E-state index in [-0.39, 0.29) is 6.61 Å². The van der Waals surface area contributed by atoms with Crippen LogP contribution >= 0.6 is 11.8 Å². The van der Waals surface area contributed by atoms with Gasteiger partial charge in [-0.1, -0.05) is 23.9 Å². The second-order valence-corrected chi connectivity index (χ2v) is 6.03. The van der Waals surface area contributed by atoms with Gasteiger partial charge in [0.1, 0.15) is 11.5 Å². The van der Waals surface area contributed by atoms with Crippen LogP contribution in [0.4, 0.5) is 0 Å². The van der Waals surface area contributed by atoms with Crippen LogP contribution in [0.3, 0.4) is 0 Å². The highest BCUT2D eigenvalue weighted by atomic mass is 32.2. The molecule has 2 heterocycles. The number of rotatable bonds is 6. The minimum Gasteiger partial charge on any atom is -0.484 e. The van der Waals surface area contributed by atoms with E-state index in [1.54, 1.807) is 0 Å². The van der Waals surface area contributed by atoms with Crippen molar-refractivity contribution >= 4 is 11.8 Å². The Morgan fingerprint density at radius 3 is 2.70 bits per heavy atom. The van der Waals surface area contributed by atoms with Crippen molar-refractivity contribution in [1.29, 1.82) is 0 Å². The number of aryl methyl sites for hydroxylation is 3. The van der Waals surface area contributed by atoms with Gasteiger partial charge < -0.3 is 13.6 Å². The fourth-order valence-corrected chi connectivity index (χ4v) is 2.55. The molecule has 2 aromatic heterocycles. The Kier molecular flexibility index (Phi) is 4.66. The highest BCUT2D eigenvalue weighted by Gasteiger charge is 2.11. The first kappa shape index (κ1) is 15.6. The Balaban J connectivity index is 1.53. The molecule has 0 fully saturated rings. The first-order valence-corrected chi connectivity index (χ1v) is 8.16. The Morgan fingerprint density at radius 2 is 1.96 bits per heavy atom. The van der Waals surface area contributed by atoms with E-state index in [0.717, 1.165) is 22.8 Å². The van der Waals surface area contributed by atoms with E-state index in [1.165, 1.54) is 11.8 Å². The first-order chi connectivity index (χ1) is 11.1. The minimum atomic E-state index is 0.244. The van der Waals surface area contributed by atoms with Crippen molar-refractivity contribution in [2.75, 3.05) is 0 Å². The van der Waals surface area contributed by atoms with E-state index < -0.39 is 0 Å². The number of nitrogens with zero attached hydrogens (tertiary/aromatic N) is 3. The number of hydrogen-bond donors (Lipinski definition) is 0. The fourth-order valence-electron chi connectivity index (χ4n) is 1.93. The molecule has 7 heteroatoms. The predicted molar refractivity (Wildman–Crippen MR) is 85.3 cm³/mol. The van der Waals surface area contributed by atoms with Gasteiger partial charge in [-0.15, -0.1) is 10.2 Å². The lowest BCUT2D eigenvalue weighted by Gasteiger charge is -2.03. The lowest BCUT2D eigenvalue weighted by molar-refractivity contribution is 0.252. The molecule has 0 saturated carbocycles. The molecule has 0 aliphatic rings. The molecule has 0 amide bonds. The third-order valence-electron chi connectivity index (χ3n) is 3.19. The van der Waals surface area contributed by atoms with Crippen molar-refractivity contribution < 1.29 is 13.6 Å². The summed E-state index contributed by atoms with van der Waals surface area (Å²) in [7, 11) is 0. The summed E-state index contributed by atoms with van der Waals surface area (Å²) in [4.78, 5) is 4.31. The van der Waals surface area contributed by atoms with Gasteiger partial charge in [-0.2, -0.15) is 0 Å². The van der Waals surface area contributed by atoms with Gasteiger partial charge >= 0.3 is 0 Å². The number of hydrogen-bond acceptors (Lipinski definition) is 7. The molecular weight excluding hydrogens is 314 g/mol. The molecule has 0 radical (unpaired) electrons. The Hall–Kier alpha value is -2.28. The van der Waals surface area contributed by atoms with Crippen LogP contribution in [0.5, 0.6) is 5.75 Å². The number of oxazole rings is 1. The highest BCUT2D eigenvalue weighted by molar-refractivity contribution is 7.98. The van der Waals surface area contributed by atoms with Crippen molar-refractivity contribution in [2.24, 2.45) is 0 Å². The zero-order chi connectivity index (χ0) is 16.2. The van der Waals surface area contributed by atoms with E-state index in [2.05, 4.69) is 15.2 Å². The van der Waals surface area contributed by atoms with Crippen LogP contribution in [0.25, 0.3) is 0 Å². The average Bonchev–Trinajstić information content (AvgIpc) is 3.10. The topological polar surface area (TPSA) is 74.2 Å². The van der Waals surface area contributed by atoms with E-state index in [0.29, 0.717) is 22.8 Å². The van der Waals surface area contributed by atoms with Gasteiger partial charge in [-0.3, -0.25) is 0 Å². The SMILES string of the molecule is Cc1cccc(OCc2nnc(SCc3nc(C)c(C)o3)o2)c1. The monoisotopic (exact) mass is 331 g/mol. The molecule has 3 rings (SSSR count). The molecule has 0 N–H and O–H groups in total. The zero-order valence-corrected chi connectivity index (χ0v) is 14.0. The van der Waals surface area contributed by atoms with Crippen LogP contribution in [-0.2, 0) is 12.4 Å². The Bertz CT molecular complexity index is 778. The van der Waals surface area contributed by atoms with E-state index in [4.69, 9.17) is 13.6 Å². The van der Waals surface area contributed by atoms with Crippen LogP contribution in [0.2, 0.25) is 0 Å². The van der Waals surface area contributed by atoms with Crippen LogP contribution in [-0.4, -0.2) is 15.2 Å². The Labute approximate surface area is 138 Å². The molecule has 3 aromatic rings. The molecular formula is C16H17N3O3S. The molecule has 1 aromatic carbocycles. The maximum absolute atomic E-state index is 5.63. The highest BCUT2D eigenvalue weighted by Crippen LogP contribution is 2.23. The van der Waals surface area contributed by atoms with Gasteiger partial charge in [-0.25, -0.2) is 4.98 Å². The number of thioether (sulfide) groups is 1. The fraction of sp³-hybridized carbons (Fsp3) is 0.312. The Morgan fingerprint density at radius 1 is 1.09 bits per heavy atom. The summed E-state index contributed by atoms with van der Waals surface area (Å²) in [6.07, 6.45) is 0. The molecule has 0 bridgehead atoms. The van der Waals surface area contributed by atoms with Gasteiger partial charge in [-0.05, 0) is 38.5 Å². The molecule has 0 aliphatic carbocycles. The molecule has 23 heavy (non-hydrogen) atoms. The smallest absolute Gasteiger partial charge is 0.277 e. The van der Waals surface area contributed by atoms with Crippen molar-refractivity contribution in [2.45, 2.75) is 38.4 Å². The van der Waals surface area contributed by atoms with Crippen LogP contribution in [0, 0.1) is 20.8 Å². The van der Waals surface area contributed by atoms with Crippen molar-refractivity contribution in [1.82, 2.24) is 15.2 Å². The van der Waals surface area contributed by atoms with Crippen LogP contribution in [0.1, 0.15) is 28.8 Å². The third kappa shape index (κ3) is 4.13. The van der Waals surface area contributed by atoms with Crippen molar-refractivity contribution in [3.05, 3.63) is 53.1 Å². The standard InChI is InChI=1S/C16H17N3O3S/c1-10-5-4-6-13(7-10)20-8-14-18-19-16(22-14)23-9-15-17-11(2)12(3)21-15/h4-7H,8-9H2,1-3H3. The van der Waals surface area contributed by atoms with Crippen LogP contribution in [0.15, 0.2) is 38.3 Å². The molecule has 0 aliphatic heterocycles. The van der Waals surface area contributed by atoms with Gasteiger partial charge in [0.05, 0.1) is 11.4 Å². The molecule has 0 spiro atoms. The van der Waals surface area contributed by atoms with E-state index in [1.807, 2.05) is 45.0 Å². The quantitative estimate of drug-likeness (QED) is 0.635. The molecule has 120 valence electrons. The maximum Gasteiger partial charge on any atom is 0.277 e. The molecule has 0 unspecified atom stereocenters. The average molecular weight is 331 g/mol. The predicted octanol–water partition coefficient (Wildman–Crippen LogP) is 3.85. The summed E-state index contributed by atoms with van der Waals surface area (Å²) < 4.78 is 16.7. The largest absolute Gasteiger partial charge is 0.484 e. The van der Waals surface area contributed by atoms with Gasteiger partial charge in [0, 0.05) is 0 Å². The molecule has 0 saturated heterocycles. The summed E-state index contributed by atoms with van der Waals surface area (Å²) in [5.74, 6) is 3.26. The summed E-state index contributed by atoms with van der Waals surface area (Å²) in [5.41, 5.74) is 2.04. The van der Waals surface area contributed by atoms with E-state index in [9.17, 15) is 0 Å². The maximum atomic E-state index is 5.63. The summed E-state index contributed by atoms with van der Waals surface area (Å²) in [5, 5.41) is 8.44. The minimum absolute atomic E-state index is 0.244. The van der Waals surface area contributed by atoms with Crippen LogP contribution < -0.4 is 4.74 Å². The second-order valence-electron chi connectivity index (χ2n) is 5.10. The third-order valence-corrected chi connectivity index (χ3v) is 4.00. The van der Waals surface area contributed by atoms with Crippen molar-refractivity contribution in [3.63, 3.8) is 0 Å². The molecule has 0 atom stereocenters. The van der Waals surface area contributed by atoms with Crippen molar-refractivity contribution in [3.8, 4) is 5.75 Å². The van der Waals surface area contributed by atoms with E-state index >= 15 is 0 Å².